The minimum absolute atomic E-state index is 0.118. The summed E-state index contributed by atoms with van der Waals surface area (Å²) in [5.74, 6) is -18.0. The second kappa shape index (κ2) is 44.2. The number of nitrogens with two attached hydrogens (primary N) is 1. The number of H-pyrrole nitrogens is 1. The van der Waals surface area contributed by atoms with Crippen molar-refractivity contribution in [3.05, 3.63) is 71.9 Å². The second-order valence-electron chi connectivity index (χ2n) is 27.6. The maximum atomic E-state index is 15.1. The number of aromatic amines is 1. The number of aliphatic hydroxyl groups excluding tert-OH is 2. The summed E-state index contributed by atoms with van der Waals surface area (Å²) < 4.78 is 0. The Morgan fingerprint density at radius 3 is 1.47 bits per heavy atom. The van der Waals surface area contributed by atoms with Gasteiger partial charge in [0.15, 0.2) is 6.04 Å². The Morgan fingerprint density at radius 1 is 0.546 bits per heavy atom. The third-order valence-corrected chi connectivity index (χ3v) is 17.7. The van der Waals surface area contributed by atoms with Crippen molar-refractivity contribution in [1.82, 2.24) is 73.7 Å². The van der Waals surface area contributed by atoms with Crippen LogP contribution >= 0.6 is 0 Å². The lowest BCUT2D eigenvalue weighted by atomic mass is 9.97. The van der Waals surface area contributed by atoms with Crippen LogP contribution in [0.2, 0.25) is 0 Å². The molecule has 2 heterocycles. The fourth-order valence-electron chi connectivity index (χ4n) is 11.6. The van der Waals surface area contributed by atoms with E-state index in [0.717, 1.165) is 0 Å². The number of hydrogen-bond donors (Lipinski definition) is 19. The van der Waals surface area contributed by atoms with Gasteiger partial charge in [0.05, 0.1) is 32.2 Å². The molecule has 14 atom stereocenters. The van der Waals surface area contributed by atoms with Crippen molar-refractivity contribution in [3.8, 4) is 0 Å². The van der Waals surface area contributed by atoms with Crippen molar-refractivity contribution in [1.29, 1.82) is 0 Å². The van der Waals surface area contributed by atoms with Gasteiger partial charge >= 0.3 is 11.9 Å². The van der Waals surface area contributed by atoms with E-state index in [4.69, 9.17) is 5.73 Å². The third kappa shape index (κ3) is 29.1. The number of carbonyl (C=O) groups excluding carboxylic acids is 15. The second-order valence-corrected chi connectivity index (χ2v) is 27.6. The molecule has 4 rings (SSSR count). The minimum atomic E-state index is -1.91. The predicted octanol–water partition coefficient (Wildman–Crippen LogP) is -5.03. The molecule has 0 aliphatic carbocycles. The van der Waals surface area contributed by atoms with Crippen molar-refractivity contribution in [3.63, 3.8) is 0 Å². The zero-order valence-electron chi connectivity index (χ0n) is 61.9. The number of carboxylic acid groups (broad SMARTS) is 2. The molecular weight excluding hydrogens is 1410 g/mol. The van der Waals surface area contributed by atoms with Crippen LogP contribution in [0.4, 0.5) is 0 Å². The first-order chi connectivity index (χ1) is 51.0. The number of aldehydes is 1. The molecule has 1 aliphatic heterocycles. The summed E-state index contributed by atoms with van der Waals surface area (Å²) in [7, 11) is 0. The molecule has 37 nitrogen and oxygen atoms in total. The number of aromatic nitrogens is 1. The minimum Gasteiger partial charge on any atom is -0.481 e. The van der Waals surface area contributed by atoms with Gasteiger partial charge < -0.3 is 110 Å². The number of nitrogens with one attached hydrogen (secondary N) is 13. The Morgan fingerprint density at radius 2 is 0.981 bits per heavy atom. The van der Waals surface area contributed by atoms with E-state index in [0.29, 0.717) is 41.2 Å². The summed E-state index contributed by atoms with van der Waals surface area (Å²) in [6.45, 7) is 10.7. The molecule has 22 N–H and O–H groups in total. The quantitative estimate of drug-likeness (QED) is 0.0235. The highest BCUT2D eigenvalue weighted by Gasteiger charge is 2.41. The topological polar surface area (TPSA) is 588 Å². The third-order valence-electron chi connectivity index (χ3n) is 17.7. The number of quaternary nitrogens is 1. The van der Waals surface area contributed by atoms with Crippen LogP contribution < -0.4 is 75.3 Å². The smallest absolute Gasteiger partial charge is 0.303 e. The average Bonchev–Trinajstić information content (AvgIpc) is 1.65. The van der Waals surface area contributed by atoms with Crippen LogP contribution in [0, 0.1) is 17.8 Å². The Labute approximate surface area is 623 Å². The first-order valence-electron chi connectivity index (χ1n) is 35.7. The highest BCUT2D eigenvalue weighted by Crippen LogP contribution is 2.22. The number of para-hydroxylation sites is 1. The van der Waals surface area contributed by atoms with Crippen LogP contribution in [-0.4, -0.2) is 236 Å². The normalized spacial score (nSPS) is 16.2. The van der Waals surface area contributed by atoms with Gasteiger partial charge in [0.2, 0.25) is 76.8 Å². The number of primary amides is 1. The molecule has 37 heteroatoms. The van der Waals surface area contributed by atoms with Gasteiger partial charge in [0, 0.05) is 49.3 Å². The zero-order valence-corrected chi connectivity index (χ0v) is 61.9. The number of rotatable bonds is 46. The number of hydrogen-bond acceptors (Lipinski definition) is 19. The van der Waals surface area contributed by atoms with Crippen molar-refractivity contribution < 1.29 is 108 Å². The molecular formula is C71H105N16O21+. The van der Waals surface area contributed by atoms with Crippen LogP contribution in [0.3, 0.4) is 0 Å². The largest absolute Gasteiger partial charge is 0.481 e. The number of fused-ring (bicyclic) bond motifs is 1. The van der Waals surface area contributed by atoms with Gasteiger partial charge in [-0.1, -0.05) is 96.5 Å². The van der Waals surface area contributed by atoms with Crippen LogP contribution in [0.5, 0.6) is 0 Å². The van der Waals surface area contributed by atoms with Crippen molar-refractivity contribution in [2.24, 2.45) is 23.5 Å². The lowest BCUT2D eigenvalue weighted by Gasteiger charge is -2.30. The SMILES string of the molecule is CC[C@H](C)[C@H](NC(=O)[C@@H]1CCCN1C(=O)CNC(=O)[C@H](C)[NH3+])C(=O)N[C@@H](CO)C(=O)N[C@@H](CC(C)C)C(=O)N[C@@H](CC(N)=O)C(=O)N[C@@H](Cc1c[nH]c2ccccc12)C(=O)N[C@@H](Cc1ccccc1)C(=O)N[C@@H](CCC(=O)O)C(=O)N[C@@H](CCC(=O)O)C(=O)N[C@@H](CC(C)C)C(=O)N[C@@H](CO)C(=O)N[C@@H](C)C=O. The van der Waals surface area contributed by atoms with Crippen LogP contribution in [0.25, 0.3) is 10.9 Å². The van der Waals surface area contributed by atoms with Gasteiger partial charge in [-0.15, -0.1) is 0 Å². The number of likely N-dealkylation sites (tertiary alicyclic amines) is 1. The Bertz CT molecular complexity index is 3670. The number of benzene rings is 2. The lowest BCUT2D eigenvalue weighted by Crippen LogP contribution is -2.66. The van der Waals surface area contributed by atoms with Crippen molar-refractivity contribution >= 4 is 112 Å². The number of amides is 14. The molecule has 0 unspecified atom stereocenters. The molecule has 0 radical (unpaired) electrons. The lowest BCUT2D eigenvalue weighted by molar-refractivity contribution is -0.398. The van der Waals surface area contributed by atoms with E-state index in [1.165, 1.54) is 24.9 Å². The van der Waals surface area contributed by atoms with Crippen molar-refractivity contribution in [2.45, 2.75) is 211 Å². The molecule has 1 saturated heterocycles. The van der Waals surface area contributed by atoms with E-state index in [1.54, 1.807) is 96.1 Å². The molecule has 1 fully saturated rings. The van der Waals surface area contributed by atoms with Gasteiger partial charge in [0.1, 0.15) is 72.7 Å². The van der Waals surface area contributed by atoms with E-state index < -0.39 is 237 Å². The van der Waals surface area contributed by atoms with E-state index in [2.05, 4.69) is 74.5 Å². The number of nitrogens with zero attached hydrogens (tertiary/aromatic N) is 1. The van der Waals surface area contributed by atoms with Gasteiger partial charge in [0.25, 0.3) is 5.91 Å². The first kappa shape index (κ1) is 89.4. The molecule has 1 aliphatic rings. The summed E-state index contributed by atoms with van der Waals surface area (Å²) in [5, 5.41) is 70.1. The highest BCUT2D eigenvalue weighted by molar-refractivity contribution is 6.01. The molecule has 14 amide bonds. The molecule has 1 aromatic heterocycles. The van der Waals surface area contributed by atoms with E-state index >= 15 is 4.79 Å². The monoisotopic (exact) mass is 1520 g/mol. The molecule has 594 valence electrons. The Hall–Kier alpha value is -10.9. The maximum Gasteiger partial charge on any atom is 0.303 e. The standard InChI is InChI=1S/C71H104N16O21/c1-9-38(6)59(86-70(107)54-20-15-25-87(54)56(92)32-75-60(97)40(8)72)71(108)85-53(35-90)69(106)80-47(26-36(2)3)63(100)83-51(30-55(73)91)67(104)82-50(29-42-31-74-44-19-14-13-18-43(42)44)66(103)81-49(28-41-16-11-10-12-17-41)65(102)78-45(21-23-57(93)94)61(98)77-46(22-24-58(95)96)62(99)79-48(27-37(4)5)64(101)84-52(34-89)68(105)76-39(7)33-88/h10-14,16-19,31,33,36-40,45-54,59,74,89-90H,9,15,20-30,32,34-35,72H2,1-8H3,(H2,73,91)(H,75,97)(H,76,105)(H,77,98)(H,78,102)(H,79,99)(H,80,106)(H,81,103)(H,82,104)(H,83,100)(H,84,101)(H,85,108)(H,86,107)(H,93,94)(H,95,96)/p+1/t38-,39-,40-,45-,46-,47-,48-,49-,50-,51-,52-,53-,54-,59-/m0/s1. The molecule has 2 aromatic carbocycles. The molecule has 0 bridgehead atoms. The van der Waals surface area contributed by atoms with Gasteiger partial charge in [-0.3, -0.25) is 76.7 Å². The summed E-state index contributed by atoms with van der Waals surface area (Å²) in [6, 6.07) is -4.71. The summed E-state index contributed by atoms with van der Waals surface area (Å²) in [5.41, 5.74) is 10.7. The highest BCUT2D eigenvalue weighted by atomic mass is 16.4. The summed E-state index contributed by atoms with van der Waals surface area (Å²) in [4.78, 5) is 234. The van der Waals surface area contributed by atoms with Crippen LogP contribution in [0.1, 0.15) is 131 Å². The number of carboxylic acids is 2. The van der Waals surface area contributed by atoms with Gasteiger partial charge in [-0.25, -0.2) is 0 Å². The molecule has 108 heavy (non-hydrogen) atoms. The number of carbonyl (C=O) groups is 17. The molecule has 3 aromatic rings. The zero-order chi connectivity index (χ0) is 80.6. The number of aliphatic hydroxyl groups is 2. The Balaban J connectivity index is 1.67. The number of aliphatic carboxylic acids is 2. The fraction of sp³-hybridized carbons (Fsp3) is 0.563. The van der Waals surface area contributed by atoms with E-state index in [1.807, 2.05) is 0 Å². The Kier molecular flexibility index (Phi) is 36.6. The van der Waals surface area contributed by atoms with Crippen molar-refractivity contribution in [2.75, 3.05) is 26.3 Å². The van der Waals surface area contributed by atoms with Crippen LogP contribution in [0.15, 0.2) is 60.8 Å². The first-order valence-corrected chi connectivity index (χ1v) is 35.7. The fourth-order valence-corrected chi connectivity index (χ4v) is 11.6. The van der Waals surface area contributed by atoms with E-state index in [9.17, 15) is 97.1 Å². The maximum absolute atomic E-state index is 15.1. The summed E-state index contributed by atoms with van der Waals surface area (Å²) in [6.07, 6.45) is -1.91. The molecule has 0 spiro atoms. The van der Waals surface area contributed by atoms with Gasteiger partial charge in [-0.05, 0) is 87.3 Å². The molecule has 0 saturated carbocycles. The van der Waals surface area contributed by atoms with Gasteiger partial charge in [-0.2, -0.15) is 0 Å². The predicted molar refractivity (Wildman–Crippen MR) is 385 cm³/mol. The van der Waals surface area contributed by atoms with E-state index in [-0.39, 0.29) is 44.6 Å². The average molecular weight is 1520 g/mol. The van der Waals surface area contributed by atoms with Crippen LogP contribution in [-0.2, 0) is 94.3 Å². The summed E-state index contributed by atoms with van der Waals surface area (Å²) >= 11 is 0.